The first-order chi connectivity index (χ1) is 9.12. The number of hydrogen-bond donors (Lipinski definition) is 0. The van der Waals surface area contributed by atoms with Gasteiger partial charge in [-0.05, 0) is 26.0 Å². The lowest BCUT2D eigenvalue weighted by atomic mass is 9.69. The zero-order chi connectivity index (χ0) is 14.9. The molecule has 1 fully saturated rings. The standard InChI is InChI=1S/C16H20O4/c1-9(17)16-8-19-15(5)7-6-10(18)11(12(15)16)13(20-16)14(2,3)4/h6-7,12H,8H2,1-5H3/t12-,15+,16-/m1/s1. The van der Waals surface area contributed by atoms with Gasteiger partial charge in [0.15, 0.2) is 17.2 Å². The molecule has 0 amide bonds. The van der Waals surface area contributed by atoms with Gasteiger partial charge in [0.25, 0.3) is 0 Å². The van der Waals surface area contributed by atoms with Gasteiger partial charge >= 0.3 is 0 Å². The van der Waals surface area contributed by atoms with Crippen LogP contribution in [0.25, 0.3) is 0 Å². The van der Waals surface area contributed by atoms with Crippen molar-refractivity contribution < 1.29 is 19.1 Å². The maximum atomic E-state index is 12.4. The summed E-state index contributed by atoms with van der Waals surface area (Å²) in [7, 11) is 0. The highest BCUT2D eigenvalue weighted by Crippen LogP contribution is 2.57. The van der Waals surface area contributed by atoms with Gasteiger partial charge in [0.1, 0.15) is 5.76 Å². The van der Waals surface area contributed by atoms with Crippen molar-refractivity contribution >= 4 is 11.6 Å². The fourth-order valence-electron chi connectivity index (χ4n) is 3.53. The molecule has 2 aliphatic heterocycles. The molecule has 0 bridgehead atoms. The molecule has 1 saturated heterocycles. The second-order valence-corrected chi connectivity index (χ2v) is 7.14. The van der Waals surface area contributed by atoms with E-state index in [0.717, 1.165) is 0 Å². The second-order valence-electron chi connectivity index (χ2n) is 7.14. The molecular weight excluding hydrogens is 256 g/mol. The minimum absolute atomic E-state index is 0.0639. The van der Waals surface area contributed by atoms with Crippen LogP contribution in [0.2, 0.25) is 0 Å². The number of Topliss-reactive ketones (excluding diaryl/α,β-unsaturated/α-hetero) is 1. The average Bonchev–Trinajstić information content (AvgIpc) is 2.83. The van der Waals surface area contributed by atoms with Crippen LogP contribution in [0.1, 0.15) is 34.6 Å². The molecule has 0 aromatic carbocycles. The Labute approximate surface area is 118 Å². The van der Waals surface area contributed by atoms with Crippen LogP contribution in [0.4, 0.5) is 0 Å². The van der Waals surface area contributed by atoms with Gasteiger partial charge in [-0.1, -0.05) is 20.8 Å². The zero-order valence-corrected chi connectivity index (χ0v) is 12.6. The van der Waals surface area contributed by atoms with E-state index in [9.17, 15) is 9.59 Å². The van der Waals surface area contributed by atoms with E-state index >= 15 is 0 Å². The third-order valence-electron chi connectivity index (χ3n) is 4.56. The van der Waals surface area contributed by atoms with E-state index in [1.165, 1.54) is 6.92 Å². The lowest BCUT2D eigenvalue weighted by Crippen LogP contribution is -2.49. The molecule has 0 unspecified atom stereocenters. The summed E-state index contributed by atoms with van der Waals surface area (Å²) in [5.41, 5.74) is -1.37. The van der Waals surface area contributed by atoms with Gasteiger partial charge < -0.3 is 9.47 Å². The Morgan fingerprint density at radius 2 is 2.05 bits per heavy atom. The first kappa shape index (κ1) is 13.6. The monoisotopic (exact) mass is 276 g/mol. The van der Waals surface area contributed by atoms with E-state index in [-0.39, 0.29) is 29.5 Å². The van der Waals surface area contributed by atoms with Gasteiger partial charge in [0.2, 0.25) is 0 Å². The third-order valence-corrected chi connectivity index (χ3v) is 4.56. The second kappa shape index (κ2) is 3.61. The first-order valence-corrected chi connectivity index (χ1v) is 6.94. The first-order valence-electron chi connectivity index (χ1n) is 6.94. The van der Waals surface area contributed by atoms with Crippen LogP contribution in [0.3, 0.4) is 0 Å². The topological polar surface area (TPSA) is 52.6 Å². The summed E-state index contributed by atoms with van der Waals surface area (Å²) >= 11 is 0. The van der Waals surface area contributed by atoms with Crippen molar-refractivity contribution in [2.24, 2.45) is 11.3 Å². The molecule has 0 spiro atoms. The highest BCUT2D eigenvalue weighted by Gasteiger charge is 2.68. The molecule has 3 atom stereocenters. The molecule has 0 saturated carbocycles. The molecule has 108 valence electrons. The molecule has 1 aliphatic carbocycles. The van der Waals surface area contributed by atoms with Crippen molar-refractivity contribution in [1.29, 1.82) is 0 Å². The van der Waals surface area contributed by atoms with Gasteiger partial charge in [-0.3, -0.25) is 9.59 Å². The van der Waals surface area contributed by atoms with E-state index in [2.05, 4.69) is 0 Å². The zero-order valence-electron chi connectivity index (χ0n) is 12.6. The summed E-state index contributed by atoms with van der Waals surface area (Å²) in [5.74, 6) is 0.165. The summed E-state index contributed by atoms with van der Waals surface area (Å²) < 4.78 is 11.9. The summed E-state index contributed by atoms with van der Waals surface area (Å²) in [6.07, 6.45) is 3.31. The van der Waals surface area contributed by atoms with Crippen LogP contribution in [-0.2, 0) is 19.1 Å². The van der Waals surface area contributed by atoms with Crippen LogP contribution < -0.4 is 0 Å². The number of allylic oxidation sites excluding steroid dienone is 2. The van der Waals surface area contributed by atoms with Crippen molar-refractivity contribution in [3.63, 3.8) is 0 Å². The van der Waals surface area contributed by atoms with E-state index in [4.69, 9.17) is 9.47 Å². The van der Waals surface area contributed by atoms with Crippen molar-refractivity contribution in [3.05, 3.63) is 23.5 Å². The van der Waals surface area contributed by atoms with Gasteiger partial charge in [-0.25, -0.2) is 0 Å². The molecule has 0 N–H and O–H groups in total. The maximum Gasteiger partial charge on any atom is 0.199 e. The lowest BCUT2D eigenvalue weighted by Gasteiger charge is -2.32. The fraction of sp³-hybridized carbons (Fsp3) is 0.625. The Morgan fingerprint density at radius 1 is 1.40 bits per heavy atom. The Bertz CT molecular complexity index is 578. The van der Waals surface area contributed by atoms with Crippen LogP contribution in [0.15, 0.2) is 23.5 Å². The molecule has 0 aromatic heterocycles. The largest absolute Gasteiger partial charge is 0.480 e. The van der Waals surface area contributed by atoms with Crippen molar-refractivity contribution in [2.75, 3.05) is 6.61 Å². The molecule has 0 radical (unpaired) electrons. The highest BCUT2D eigenvalue weighted by molar-refractivity contribution is 6.08. The minimum Gasteiger partial charge on any atom is -0.480 e. The van der Waals surface area contributed by atoms with Crippen molar-refractivity contribution in [1.82, 2.24) is 0 Å². The molecule has 2 heterocycles. The predicted molar refractivity (Wildman–Crippen MR) is 73.0 cm³/mol. The lowest BCUT2D eigenvalue weighted by molar-refractivity contribution is -0.138. The number of ether oxygens (including phenoxy) is 2. The number of carbonyl (C=O) groups is 2. The number of hydrogen-bond acceptors (Lipinski definition) is 4. The van der Waals surface area contributed by atoms with Gasteiger partial charge in [0, 0.05) is 11.0 Å². The summed E-state index contributed by atoms with van der Waals surface area (Å²) in [4.78, 5) is 24.6. The smallest absolute Gasteiger partial charge is 0.199 e. The van der Waals surface area contributed by atoms with E-state index in [1.54, 1.807) is 12.2 Å². The summed E-state index contributed by atoms with van der Waals surface area (Å²) in [5, 5.41) is 0. The fourth-order valence-corrected chi connectivity index (χ4v) is 3.53. The predicted octanol–water partition coefficient (Wildman–Crippen LogP) is 2.19. The Kier molecular flexibility index (Phi) is 2.45. The van der Waals surface area contributed by atoms with Gasteiger partial charge in [0.05, 0.1) is 18.1 Å². The Hall–Kier alpha value is -1.42. The molecular formula is C16H20O4. The Balaban J connectivity index is 2.27. The maximum absolute atomic E-state index is 12.4. The van der Waals surface area contributed by atoms with Crippen LogP contribution in [0.5, 0.6) is 0 Å². The molecule has 4 nitrogen and oxygen atoms in total. The van der Waals surface area contributed by atoms with Crippen LogP contribution >= 0.6 is 0 Å². The number of carbonyl (C=O) groups excluding carboxylic acids is 2. The summed E-state index contributed by atoms with van der Waals surface area (Å²) in [6.45, 7) is 9.61. The van der Waals surface area contributed by atoms with Crippen LogP contribution in [0, 0.1) is 11.3 Å². The average molecular weight is 276 g/mol. The van der Waals surface area contributed by atoms with Gasteiger partial charge in [-0.2, -0.15) is 0 Å². The normalized spacial score (nSPS) is 39.0. The highest BCUT2D eigenvalue weighted by atomic mass is 16.6. The van der Waals surface area contributed by atoms with E-state index < -0.39 is 11.2 Å². The third kappa shape index (κ3) is 1.46. The summed E-state index contributed by atoms with van der Waals surface area (Å²) in [6, 6.07) is 0. The van der Waals surface area contributed by atoms with Crippen molar-refractivity contribution in [2.45, 2.75) is 45.8 Å². The quantitative estimate of drug-likeness (QED) is 0.736. The molecule has 0 aromatic rings. The molecule has 20 heavy (non-hydrogen) atoms. The minimum atomic E-state index is -1.03. The molecule has 3 aliphatic rings. The van der Waals surface area contributed by atoms with E-state index in [0.29, 0.717) is 11.3 Å². The SMILES string of the molecule is CC(=O)[C@@]12CO[C@@]3(C)C=CC(=O)C(=C(C(C)(C)C)O1)[C@H]32. The van der Waals surface area contributed by atoms with Crippen LogP contribution in [-0.4, -0.2) is 29.4 Å². The number of rotatable bonds is 1. The molecule has 3 rings (SSSR count). The van der Waals surface area contributed by atoms with E-state index in [1.807, 2.05) is 27.7 Å². The molecule has 4 heteroatoms. The van der Waals surface area contributed by atoms with Crippen molar-refractivity contribution in [3.8, 4) is 0 Å². The van der Waals surface area contributed by atoms with Gasteiger partial charge in [-0.15, -0.1) is 0 Å². The number of ketones is 2. The Morgan fingerprint density at radius 3 is 2.60 bits per heavy atom.